The van der Waals surface area contributed by atoms with E-state index >= 15 is 0 Å². The minimum Gasteiger partial charge on any atom is -0.354 e. The molecule has 3 heterocycles. The van der Waals surface area contributed by atoms with Gasteiger partial charge in [0.05, 0.1) is 0 Å². The molecule has 3 rings (SSSR count). The molecule has 22 heavy (non-hydrogen) atoms. The number of carbonyl (C=O) groups excluding carboxylic acids is 2. The standard InChI is InChI=1S/C14H21N5O2S/c1-2-7-15-12(21)10-5-3-8-18(10)13-16-17-14(22-13)19-9-4-6-11(19)20/h10H,2-9H2,1H3,(H,15,21)/t10-/m1/s1. The van der Waals surface area contributed by atoms with E-state index in [0.29, 0.717) is 24.6 Å². The molecular formula is C14H21N5O2S. The van der Waals surface area contributed by atoms with Crippen molar-refractivity contribution in [1.29, 1.82) is 0 Å². The molecule has 0 radical (unpaired) electrons. The lowest BCUT2D eigenvalue weighted by Gasteiger charge is -2.22. The van der Waals surface area contributed by atoms with E-state index in [9.17, 15) is 9.59 Å². The molecule has 2 amide bonds. The number of carbonyl (C=O) groups is 2. The molecular weight excluding hydrogens is 302 g/mol. The van der Waals surface area contributed by atoms with Crippen LogP contribution in [0.4, 0.5) is 10.3 Å². The molecule has 2 saturated heterocycles. The zero-order valence-corrected chi connectivity index (χ0v) is 13.6. The van der Waals surface area contributed by atoms with Crippen LogP contribution in [0.15, 0.2) is 0 Å². The minimum atomic E-state index is -0.165. The molecule has 1 aromatic rings. The second-order valence-corrected chi connectivity index (χ2v) is 6.59. The lowest BCUT2D eigenvalue weighted by molar-refractivity contribution is -0.122. The highest BCUT2D eigenvalue weighted by Crippen LogP contribution is 2.33. The summed E-state index contributed by atoms with van der Waals surface area (Å²) in [7, 11) is 0. The van der Waals surface area contributed by atoms with Gasteiger partial charge in [-0.05, 0) is 25.7 Å². The fraction of sp³-hybridized carbons (Fsp3) is 0.714. The van der Waals surface area contributed by atoms with Crippen LogP contribution < -0.4 is 15.1 Å². The van der Waals surface area contributed by atoms with E-state index in [1.807, 2.05) is 11.8 Å². The van der Waals surface area contributed by atoms with Crippen molar-refractivity contribution in [2.45, 2.75) is 45.1 Å². The first-order valence-corrected chi connectivity index (χ1v) is 8.70. The van der Waals surface area contributed by atoms with E-state index in [1.54, 1.807) is 4.90 Å². The first-order chi connectivity index (χ1) is 10.7. The molecule has 2 fully saturated rings. The van der Waals surface area contributed by atoms with Crippen LogP contribution in [0.25, 0.3) is 0 Å². The third kappa shape index (κ3) is 2.92. The van der Waals surface area contributed by atoms with Crippen LogP contribution in [-0.4, -0.2) is 47.7 Å². The second kappa shape index (κ2) is 6.60. The Kier molecular flexibility index (Phi) is 4.56. The molecule has 0 bridgehead atoms. The van der Waals surface area contributed by atoms with Crippen LogP contribution in [0.3, 0.4) is 0 Å². The highest BCUT2D eigenvalue weighted by Gasteiger charge is 2.34. The Bertz CT molecular complexity index is 561. The average Bonchev–Trinajstić information content (AvgIpc) is 3.23. The number of hydrogen-bond donors (Lipinski definition) is 1. The third-order valence-corrected chi connectivity index (χ3v) is 5.04. The SMILES string of the molecule is CCCNC(=O)[C@H]1CCCN1c1nnc(N2CCCC2=O)s1. The van der Waals surface area contributed by atoms with Crippen molar-refractivity contribution >= 4 is 33.4 Å². The van der Waals surface area contributed by atoms with Gasteiger partial charge < -0.3 is 10.2 Å². The Morgan fingerprint density at radius 3 is 2.86 bits per heavy atom. The van der Waals surface area contributed by atoms with Gasteiger partial charge >= 0.3 is 0 Å². The van der Waals surface area contributed by atoms with E-state index in [4.69, 9.17) is 0 Å². The van der Waals surface area contributed by atoms with Gasteiger partial charge in [0.15, 0.2) is 0 Å². The first-order valence-electron chi connectivity index (χ1n) is 7.89. The molecule has 0 aliphatic carbocycles. The Labute approximate surface area is 133 Å². The highest BCUT2D eigenvalue weighted by molar-refractivity contribution is 7.19. The van der Waals surface area contributed by atoms with E-state index < -0.39 is 0 Å². The molecule has 0 unspecified atom stereocenters. The van der Waals surface area contributed by atoms with Gasteiger partial charge in [-0.15, -0.1) is 10.2 Å². The normalized spacial score (nSPS) is 21.7. The van der Waals surface area contributed by atoms with Crippen LogP contribution in [-0.2, 0) is 9.59 Å². The summed E-state index contributed by atoms with van der Waals surface area (Å²) in [6.07, 6.45) is 4.20. The predicted molar refractivity (Wildman–Crippen MR) is 85.2 cm³/mol. The summed E-state index contributed by atoms with van der Waals surface area (Å²) in [6.45, 7) is 4.27. The van der Waals surface area contributed by atoms with Crippen molar-refractivity contribution in [3.63, 3.8) is 0 Å². The van der Waals surface area contributed by atoms with Crippen LogP contribution in [0.1, 0.15) is 39.0 Å². The summed E-state index contributed by atoms with van der Waals surface area (Å²) in [6, 6.07) is -0.165. The fourth-order valence-corrected chi connectivity index (χ4v) is 3.88. The van der Waals surface area contributed by atoms with Gasteiger partial charge in [-0.1, -0.05) is 18.3 Å². The van der Waals surface area contributed by atoms with Crippen LogP contribution >= 0.6 is 11.3 Å². The van der Waals surface area contributed by atoms with Gasteiger partial charge in [0.1, 0.15) is 6.04 Å². The second-order valence-electron chi connectivity index (χ2n) is 5.66. The van der Waals surface area contributed by atoms with Gasteiger partial charge in [0.25, 0.3) is 0 Å². The molecule has 1 atom stereocenters. The lowest BCUT2D eigenvalue weighted by Crippen LogP contribution is -2.43. The van der Waals surface area contributed by atoms with Crippen molar-refractivity contribution in [3.05, 3.63) is 0 Å². The first kappa shape index (κ1) is 15.2. The maximum Gasteiger partial charge on any atom is 0.242 e. The van der Waals surface area contributed by atoms with E-state index in [2.05, 4.69) is 15.5 Å². The summed E-state index contributed by atoms with van der Waals surface area (Å²) >= 11 is 1.40. The fourth-order valence-electron chi connectivity index (χ4n) is 2.92. The van der Waals surface area contributed by atoms with Gasteiger partial charge in [-0.3, -0.25) is 14.5 Å². The quantitative estimate of drug-likeness (QED) is 0.880. The van der Waals surface area contributed by atoms with Crippen LogP contribution in [0.2, 0.25) is 0 Å². The van der Waals surface area contributed by atoms with Gasteiger partial charge in [-0.25, -0.2) is 0 Å². The third-order valence-electron chi connectivity index (χ3n) is 4.06. The zero-order valence-electron chi connectivity index (χ0n) is 12.7. The van der Waals surface area contributed by atoms with Crippen molar-refractivity contribution in [1.82, 2.24) is 15.5 Å². The minimum absolute atomic E-state index is 0.0633. The molecule has 1 N–H and O–H groups in total. The molecule has 0 saturated carbocycles. The smallest absolute Gasteiger partial charge is 0.242 e. The number of rotatable bonds is 5. The monoisotopic (exact) mass is 323 g/mol. The van der Waals surface area contributed by atoms with Gasteiger partial charge in [0.2, 0.25) is 22.1 Å². The largest absolute Gasteiger partial charge is 0.354 e. The summed E-state index contributed by atoms with van der Waals surface area (Å²) in [5, 5.41) is 12.7. The molecule has 1 aromatic heterocycles. The number of anilines is 2. The summed E-state index contributed by atoms with van der Waals surface area (Å²) < 4.78 is 0. The van der Waals surface area contributed by atoms with Crippen LogP contribution in [0.5, 0.6) is 0 Å². The van der Waals surface area contributed by atoms with E-state index in [0.717, 1.165) is 37.4 Å². The Balaban J connectivity index is 1.71. The number of aromatic nitrogens is 2. The maximum absolute atomic E-state index is 12.2. The van der Waals surface area contributed by atoms with Gasteiger partial charge in [-0.2, -0.15) is 0 Å². The van der Waals surface area contributed by atoms with E-state index in [1.165, 1.54) is 11.3 Å². The Morgan fingerprint density at radius 2 is 2.14 bits per heavy atom. The Hall–Kier alpha value is -1.70. The van der Waals surface area contributed by atoms with Crippen LogP contribution in [0, 0.1) is 0 Å². The molecule has 0 spiro atoms. The Morgan fingerprint density at radius 1 is 1.32 bits per heavy atom. The molecule has 2 aliphatic heterocycles. The number of nitrogens with zero attached hydrogens (tertiary/aromatic N) is 4. The van der Waals surface area contributed by atoms with Crippen molar-refractivity contribution in [2.24, 2.45) is 0 Å². The van der Waals surface area contributed by atoms with Gasteiger partial charge in [0, 0.05) is 26.1 Å². The zero-order chi connectivity index (χ0) is 15.5. The average molecular weight is 323 g/mol. The molecule has 7 nitrogen and oxygen atoms in total. The van der Waals surface area contributed by atoms with Crippen molar-refractivity contribution < 1.29 is 9.59 Å². The molecule has 2 aliphatic rings. The van der Waals surface area contributed by atoms with Crippen molar-refractivity contribution in [2.75, 3.05) is 29.4 Å². The molecule has 120 valence electrons. The van der Waals surface area contributed by atoms with E-state index in [-0.39, 0.29) is 17.9 Å². The summed E-state index contributed by atoms with van der Waals surface area (Å²) in [4.78, 5) is 27.7. The summed E-state index contributed by atoms with van der Waals surface area (Å²) in [5.74, 6) is 0.176. The summed E-state index contributed by atoms with van der Waals surface area (Å²) in [5.41, 5.74) is 0. The number of amides is 2. The van der Waals surface area contributed by atoms with Crippen molar-refractivity contribution in [3.8, 4) is 0 Å². The molecule has 8 heteroatoms. The lowest BCUT2D eigenvalue weighted by atomic mass is 10.2. The molecule has 0 aromatic carbocycles. The maximum atomic E-state index is 12.2. The topological polar surface area (TPSA) is 78.4 Å². The predicted octanol–water partition coefficient (Wildman–Crippen LogP) is 1.16. The highest BCUT2D eigenvalue weighted by atomic mass is 32.1. The number of nitrogens with one attached hydrogen (secondary N) is 1. The number of hydrogen-bond acceptors (Lipinski definition) is 6.